The molecule has 3 saturated carbocycles. The van der Waals surface area contributed by atoms with Crippen molar-refractivity contribution in [2.45, 2.75) is 57.9 Å². The summed E-state index contributed by atoms with van der Waals surface area (Å²) in [7, 11) is -5.41. The van der Waals surface area contributed by atoms with Gasteiger partial charge in [-0.15, -0.1) is 0 Å². The average molecular weight is 516 g/mol. The first-order valence-electron chi connectivity index (χ1n) is 10.8. The van der Waals surface area contributed by atoms with Crippen molar-refractivity contribution in [1.29, 1.82) is 0 Å². The molecular weight excluding hydrogens is 488 g/mol. The van der Waals surface area contributed by atoms with Crippen LogP contribution in [0.1, 0.15) is 40.0 Å². The van der Waals surface area contributed by atoms with E-state index in [-0.39, 0.29) is 89.6 Å². The molecule has 3 fully saturated rings. The van der Waals surface area contributed by atoms with Crippen LogP contribution in [0.2, 0.25) is 0 Å². The molecule has 12 heteroatoms. The molecule has 0 heterocycles. The Labute approximate surface area is 242 Å². The van der Waals surface area contributed by atoms with Crippen molar-refractivity contribution in [3.8, 4) is 0 Å². The average Bonchev–Trinajstić information content (AvgIpc) is 2.88. The molecule has 9 atom stereocenters. The number of carbonyl (C=O) groups is 2. The Balaban J connectivity index is 0.00000204. The molecule has 4 rings (SSSR count). The van der Waals surface area contributed by atoms with Gasteiger partial charge in [-0.05, 0) is 54.7 Å². The van der Waals surface area contributed by atoms with Crippen LogP contribution in [-0.2, 0) is 18.7 Å². The van der Waals surface area contributed by atoms with E-state index < -0.39 is 60.8 Å². The Kier molecular flexibility index (Phi) is 9.26. The first-order valence-corrected chi connectivity index (χ1v) is 12.3. The van der Waals surface area contributed by atoms with Crippen LogP contribution >= 0.6 is 7.82 Å². The van der Waals surface area contributed by atoms with Gasteiger partial charge < -0.3 is 29.1 Å². The van der Waals surface area contributed by atoms with Gasteiger partial charge in [0.1, 0.15) is 18.4 Å². The van der Waals surface area contributed by atoms with E-state index in [1.54, 1.807) is 26.8 Å². The van der Waals surface area contributed by atoms with Gasteiger partial charge in [0.2, 0.25) is 0 Å². The summed E-state index contributed by atoms with van der Waals surface area (Å²) in [5.74, 6) is -2.98. The summed E-state index contributed by atoms with van der Waals surface area (Å²) < 4.78 is 30.4. The van der Waals surface area contributed by atoms with Gasteiger partial charge in [0.15, 0.2) is 11.6 Å². The fraction of sp³-hybridized carbons (Fsp3) is 0.727. The Morgan fingerprint density at radius 3 is 2.50 bits per heavy atom. The monoisotopic (exact) mass is 516 g/mol. The molecule has 0 radical (unpaired) electrons. The molecule has 0 bridgehead atoms. The number of ketones is 2. The van der Waals surface area contributed by atoms with Crippen molar-refractivity contribution in [1.82, 2.24) is 0 Å². The largest absolute Gasteiger partial charge is 1.00 e. The van der Waals surface area contributed by atoms with Gasteiger partial charge in [0, 0.05) is 16.7 Å². The predicted molar refractivity (Wildman–Crippen MR) is 106 cm³/mol. The third-order valence-corrected chi connectivity index (χ3v) is 9.28. The summed E-state index contributed by atoms with van der Waals surface area (Å²) in [6.45, 7) is 4.03. The zero-order valence-electron chi connectivity index (χ0n) is 20.2. The number of allylic oxidation sites excluding steroid dienone is 4. The van der Waals surface area contributed by atoms with Crippen LogP contribution < -0.4 is 68.9 Å². The topological polar surface area (TPSA) is 147 Å². The first kappa shape index (κ1) is 31.0. The van der Waals surface area contributed by atoms with Crippen molar-refractivity contribution >= 4 is 19.4 Å². The molecule has 34 heavy (non-hydrogen) atoms. The zero-order chi connectivity index (χ0) is 23.9. The summed E-state index contributed by atoms with van der Waals surface area (Å²) in [5.41, 5.74) is -3.73. The van der Waals surface area contributed by atoms with E-state index in [4.69, 9.17) is 0 Å². The molecule has 3 unspecified atom stereocenters. The third-order valence-electron chi connectivity index (χ3n) is 8.84. The smallest absolute Gasteiger partial charge is 0.790 e. The summed E-state index contributed by atoms with van der Waals surface area (Å²) >= 11 is 0. The molecule has 0 amide bonds. The molecule has 8 nitrogen and oxygen atoms in total. The van der Waals surface area contributed by atoms with Gasteiger partial charge >= 0.3 is 59.1 Å². The van der Waals surface area contributed by atoms with Crippen LogP contribution in [0.4, 0.5) is 4.39 Å². The number of halogens is 1. The maximum Gasteiger partial charge on any atom is 1.00 e. The third kappa shape index (κ3) is 4.61. The number of alkyl halides is 1. The number of aliphatic hydroxyl groups excluding tert-OH is 1. The second-order valence-corrected chi connectivity index (χ2v) is 11.5. The van der Waals surface area contributed by atoms with Gasteiger partial charge in [0.05, 0.1) is 13.9 Å². The van der Waals surface area contributed by atoms with Gasteiger partial charge in [0.25, 0.3) is 0 Å². The van der Waals surface area contributed by atoms with Crippen molar-refractivity contribution in [3.05, 3.63) is 23.8 Å². The number of carbonyl (C=O) groups excluding carboxylic acids is 2. The molecule has 0 aromatic heterocycles. The first-order chi connectivity index (χ1) is 14.6. The number of hydrogen-bond donors (Lipinski definition) is 2. The SMILES string of the molecule is C[C@@H]1CC2C3C[C@H](F)C4=CC(=O)C=C[C@]4(C)C3[C@@H](O)C[C@]2(C)[C@@]1(O)C(=O)COP(=O)([O-])[O-].[Na+].[Na+]. The van der Waals surface area contributed by atoms with Crippen molar-refractivity contribution in [2.24, 2.45) is 34.5 Å². The zero-order valence-corrected chi connectivity index (χ0v) is 25.1. The Morgan fingerprint density at radius 2 is 1.91 bits per heavy atom. The van der Waals surface area contributed by atoms with Crippen molar-refractivity contribution < 1.29 is 102 Å². The molecule has 0 spiro atoms. The molecule has 4 aliphatic carbocycles. The van der Waals surface area contributed by atoms with E-state index in [0.717, 1.165) is 0 Å². The van der Waals surface area contributed by atoms with E-state index in [0.29, 0.717) is 12.0 Å². The number of phosphoric acid groups is 1. The molecule has 0 saturated heterocycles. The molecule has 4 aliphatic rings. The standard InChI is InChI=1S/C22H30FO8P.2Na/c1-11-6-14-13-8-16(23)15-7-12(24)4-5-20(15,2)19(13)17(25)9-21(14,3)22(11,27)18(26)10-31-32(28,29)30;;/h4-5,7,11,13-14,16-17,19,25,27H,6,8-10H2,1-3H3,(H2,28,29,30);;/q;2*+1/p-2/t11-,13?,14?,16+,17+,19?,20+,21+,22+;;/m1../s1. The summed E-state index contributed by atoms with van der Waals surface area (Å²) in [4.78, 5) is 46.6. The van der Waals surface area contributed by atoms with Crippen LogP contribution in [0.3, 0.4) is 0 Å². The molecule has 2 N–H and O–H groups in total. The van der Waals surface area contributed by atoms with E-state index in [1.165, 1.54) is 12.2 Å². The molecular formula is C22H28FNa2O8P. The summed E-state index contributed by atoms with van der Waals surface area (Å²) in [6, 6.07) is 0. The maximum atomic E-state index is 15.3. The molecule has 0 aromatic rings. The van der Waals surface area contributed by atoms with Gasteiger partial charge in [-0.2, -0.15) is 0 Å². The molecule has 0 aromatic carbocycles. The van der Waals surface area contributed by atoms with Crippen LogP contribution in [0, 0.1) is 34.5 Å². The minimum Gasteiger partial charge on any atom is -0.790 e. The summed E-state index contributed by atoms with van der Waals surface area (Å²) in [5, 5.41) is 22.9. The fourth-order valence-electron chi connectivity index (χ4n) is 7.51. The second kappa shape index (κ2) is 10.2. The van der Waals surface area contributed by atoms with Gasteiger partial charge in [-0.25, -0.2) is 4.39 Å². The van der Waals surface area contributed by atoms with E-state index >= 15 is 4.39 Å². The van der Waals surface area contributed by atoms with Crippen LogP contribution in [0.5, 0.6) is 0 Å². The minimum atomic E-state index is -5.41. The number of hydrogen-bond acceptors (Lipinski definition) is 8. The number of Topliss-reactive ketones (excluding diaryl/α,β-unsaturated/α-hetero) is 1. The van der Waals surface area contributed by atoms with Crippen molar-refractivity contribution in [3.63, 3.8) is 0 Å². The van der Waals surface area contributed by atoms with Crippen LogP contribution in [0.25, 0.3) is 0 Å². The number of aliphatic hydroxyl groups is 2. The van der Waals surface area contributed by atoms with E-state index in [9.17, 15) is 34.2 Å². The fourth-order valence-corrected chi connectivity index (χ4v) is 7.79. The Morgan fingerprint density at radius 1 is 1.29 bits per heavy atom. The molecule has 0 aliphatic heterocycles. The maximum absolute atomic E-state index is 15.3. The van der Waals surface area contributed by atoms with E-state index in [1.807, 2.05) is 0 Å². The van der Waals surface area contributed by atoms with E-state index in [2.05, 4.69) is 4.52 Å². The molecule has 178 valence electrons. The van der Waals surface area contributed by atoms with Crippen LogP contribution in [0.15, 0.2) is 23.8 Å². The number of phosphoric ester groups is 1. The van der Waals surface area contributed by atoms with Gasteiger partial charge in [-0.3, -0.25) is 9.59 Å². The van der Waals surface area contributed by atoms with Gasteiger partial charge in [-0.1, -0.05) is 26.8 Å². The number of fused-ring (bicyclic) bond motifs is 5. The quantitative estimate of drug-likeness (QED) is 0.278. The Hall–Kier alpha value is 0.780. The number of rotatable bonds is 4. The summed E-state index contributed by atoms with van der Waals surface area (Å²) in [6.07, 6.45) is 2.38. The van der Waals surface area contributed by atoms with Crippen LogP contribution in [-0.4, -0.2) is 46.3 Å². The predicted octanol–water partition coefficient (Wildman–Crippen LogP) is -5.39. The van der Waals surface area contributed by atoms with Crippen molar-refractivity contribution in [2.75, 3.05) is 6.61 Å². The second-order valence-electron chi connectivity index (χ2n) is 10.4. The Bertz CT molecular complexity index is 969. The normalized spacial score (nSPS) is 45.2. The minimum absolute atomic E-state index is 0.